The van der Waals surface area contributed by atoms with Gasteiger partial charge in [0, 0.05) is 6.54 Å². The molecule has 1 aromatic rings. The zero-order valence-corrected chi connectivity index (χ0v) is 7.66. The third-order valence-corrected chi connectivity index (χ3v) is 1.62. The van der Waals surface area contributed by atoms with Crippen molar-refractivity contribution in [3.05, 3.63) is 11.9 Å². The summed E-state index contributed by atoms with van der Waals surface area (Å²) in [5.74, 6) is -1.98. The Labute approximate surface area is 83.0 Å². The van der Waals surface area contributed by atoms with Crippen molar-refractivity contribution in [3.63, 3.8) is 0 Å². The van der Waals surface area contributed by atoms with Crippen molar-refractivity contribution in [3.8, 4) is 0 Å². The van der Waals surface area contributed by atoms with Crippen molar-refractivity contribution in [2.45, 2.75) is 19.1 Å². The van der Waals surface area contributed by atoms with E-state index in [1.54, 1.807) is 0 Å². The minimum atomic E-state index is -4.91. The molecule has 0 bridgehead atoms. The summed E-state index contributed by atoms with van der Waals surface area (Å²) in [5, 5.41) is 6.52. The fraction of sp³-hybridized carbons (Fsp3) is 0.571. The summed E-state index contributed by atoms with van der Waals surface area (Å²) < 4.78 is 37.0. The lowest BCUT2D eigenvalue weighted by atomic mass is 10.3. The van der Waals surface area contributed by atoms with Gasteiger partial charge in [0.15, 0.2) is 5.69 Å². The molecule has 0 saturated carbocycles. The third-order valence-electron chi connectivity index (χ3n) is 1.62. The lowest BCUT2D eigenvalue weighted by molar-refractivity contribution is -0.0888. The first-order chi connectivity index (χ1) is 6.95. The highest BCUT2D eigenvalue weighted by Gasteiger charge is 2.41. The first-order valence-electron chi connectivity index (χ1n) is 4.17. The van der Waals surface area contributed by atoms with E-state index in [0.717, 1.165) is 10.9 Å². The predicted octanol–water partition coefficient (Wildman–Crippen LogP) is 0.372. The Morgan fingerprint density at radius 2 is 2.20 bits per heavy atom. The Morgan fingerprint density at radius 1 is 1.53 bits per heavy atom. The molecule has 1 heterocycles. The third kappa shape index (κ3) is 3.01. The average Bonchev–Trinajstić information content (AvgIpc) is 2.60. The lowest BCUT2D eigenvalue weighted by Gasteiger charge is -2.00. The molecule has 1 aromatic heterocycles. The van der Waals surface area contributed by atoms with Gasteiger partial charge in [-0.25, -0.2) is 0 Å². The van der Waals surface area contributed by atoms with Crippen LogP contribution in [0.15, 0.2) is 6.20 Å². The first-order valence-corrected chi connectivity index (χ1v) is 4.17. The molecule has 0 radical (unpaired) electrons. The van der Waals surface area contributed by atoms with Gasteiger partial charge in [0.1, 0.15) is 0 Å². The van der Waals surface area contributed by atoms with E-state index in [4.69, 9.17) is 5.73 Å². The minimum absolute atomic E-state index is 0.342. The summed E-state index contributed by atoms with van der Waals surface area (Å²) in [6, 6.07) is 0. The Morgan fingerprint density at radius 3 is 2.73 bits per heavy atom. The topological polar surface area (TPSA) is 73.8 Å². The van der Waals surface area contributed by atoms with Gasteiger partial charge in [0.25, 0.3) is 5.78 Å². The van der Waals surface area contributed by atoms with Crippen LogP contribution in [0, 0.1) is 0 Å². The molecule has 2 N–H and O–H groups in total. The Balaban J connectivity index is 2.72. The van der Waals surface area contributed by atoms with Crippen LogP contribution < -0.4 is 5.73 Å². The number of aromatic nitrogens is 3. The van der Waals surface area contributed by atoms with Gasteiger partial charge in [0.2, 0.25) is 0 Å². The summed E-state index contributed by atoms with van der Waals surface area (Å²) >= 11 is 0. The van der Waals surface area contributed by atoms with E-state index in [1.807, 2.05) is 0 Å². The van der Waals surface area contributed by atoms with E-state index in [-0.39, 0.29) is 0 Å². The van der Waals surface area contributed by atoms with Gasteiger partial charge >= 0.3 is 6.18 Å². The number of carbonyl (C=O) groups is 1. The van der Waals surface area contributed by atoms with Gasteiger partial charge in [0.05, 0.1) is 6.20 Å². The van der Waals surface area contributed by atoms with Crippen LogP contribution >= 0.6 is 0 Å². The predicted molar refractivity (Wildman–Crippen MR) is 44.1 cm³/mol. The number of carbonyl (C=O) groups excluding carboxylic acids is 1. The van der Waals surface area contributed by atoms with Gasteiger partial charge in [-0.3, -0.25) is 9.48 Å². The number of alkyl halides is 3. The quantitative estimate of drug-likeness (QED) is 0.747. The number of Topliss-reactive ketones (excluding diaryl/α,β-unsaturated/α-hetero) is 1. The fourth-order valence-corrected chi connectivity index (χ4v) is 0.910. The standard InChI is InChI=1S/C7H9F3N4O/c8-7(9,10)6(15)5-4-14(13-12-5)3-1-2-11/h4H,1-3,11H2. The van der Waals surface area contributed by atoms with Crippen molar-refractivity contribution in [1.29, 1.82) is 0 Å². The Bertz CT molecular complexity index is 346. The molecule has 0 saturated heterocycles. The zero-order chi connectivity index (χ0) is 11.5. The van der Waals surface area contributed by atoms with Crippen LogP contribution in [0.3, 0.4) is 0 Å². The molecular weight excluding hydrogens is 213 g/mol. The van der Waals surface area contributed by atoms with Crippen LogP contribution in [0.1, 0.15) is 16.9 Å². The second-order valence-corrected chi connectivity index (χ2v) is 2.84. The highest BCUT2D eigenvalue weighted by atomic mass is 19.4. The molecule has 1 rings (SSSR count). The number of halogens is 3. The second-order valence-electron chi connectivity index (χ2n) is 2.84. The molecule has 0 aromatic carbocycles. The molecular formula is C7H9F3N4O. The molecule has 0 aliphatic rings. The van der Waals surface area contributed by atoms with E-state index in [0.29, 0.717) is 19.5 Å². The normalized spacial score (nSPS) is 11.7. The summed E-state index contributed by atoms with van der Waals surface area (Å²) in [6.07, 6.45) is -3.39. The monoisotopic (exact) mass is 222 g/mol. The molecule has 0 fully saturated rings. The molecule has 0 spiro atoms. The van der Waals surface area contributed by atoms with E-state index >= 15 is 0 Å². The number of rotatable bonds is 4. The summed E-state index contributed by atoms with van der Waals surface area (Å²) in [6.45, 7) is 0.733. The van der Waals surface area contributed by atoms with Crippen LogP contribution in [0.25, 0.3) is 0 Å². The van der Waals surface area contributed by atoms with E-state index < -0.39 is 17.7 Å². The number of nitrogens with zero attached hydrogens (tertiary/aromatic N) is 3. The number of hydrogen-bond donors (Lipinski definition) is 1. The van der Waals surface area contributed by atoms with Gasteiger partial charge in [-0.2, -0.15) is 13.2 Å². The molecule has 0 unspecified atom stereocenters. The van der Waals surface area contributed by atoms with Crippen molar-refractivity contribution in [2.24, 2.45) is 5.73 Å². The Kier molecular flexibility index (Phi) is 3.40. The molecule has 84 valence electrons. The van der Waals surface area contributed by atoms with Gasteiger partial charge < -0.3 is 5.73 Å². The van der Waals surface area contributed by atoms with E-state index in [1.165, 1.54) is 0 Å². The molecule has 0 aliphatic heterocycles. The molecule has 0 atom stereocenters. The number of aryl methyl sites for hydroxylation is 1. The number of hydrogen-bond acceptors (Lipinski definition) is 4. The van der Waals surface area contributed by atoms with Crippen LogP contribution in [-0.2, 0) is 6.54 Å². The summed E-state index contributed by atoms with van der Waals surface area (Å²) in [5.41, 5.74) is 4.51. The van der Waals surface area contributed by atoms with Crippen LogP contribution in [0.5, 0.6) is 0 Å². The molecule has 0 amide bonds. The van der Waals surface area contributed by atoms with Crippen molar-refractivity contribution in [1.82, 2.24) is 15.0 Å². The van der Waals surface area contributed by atoms with Crippen molar-refractivity contribution >= 4 is 5.78 Å². The average molecular weight is 222 g/mol. The maximum absolute atomic E-state index is 11.9. The highest BCUT2D eigenvalue weighted by molar-refractivity contribution is 5.98. The van der Waals surface area contributed by atoms with Crippen LogP contribution in [-0.4, -0.2) is 33.5 Å². The number of nitrogens with two attached hydrogens (primary N) is 1. The van der Waals surface area contributed by atoms with Crippen LogP contribution in [0.4, 0.5) is 13.2 Å². The van der Waals surface area contributed by atoms with Crippen molar-refractivity contribution in [2.75, 3.05) is 6.54 Å². The molecule has 5 nitrogen and oxygen atoms in total. The second kappa shape index (κ2) is 4.39. The maximum Gasteiger partial charge on any atom is 0.456 e. The maximum atomic E-state index is 11.9. The largest absolute Gasteiger partial charge is 0.456 e. The van der Waals surface area contributed by atoms with E-state index in [9.17, 15) is 18.0 Å². The SMILES string of the molecule is NCCCn1cc(C(=O)C(F)(F)F)nn1. The molecule has 0 aliphatic carbocycles. The first kappa shape index (κ1) is 11.6. The zero-order valence-electron chi connectivity index (χ0n) is 7.66. The van der Waals surface area contributed by atoms with Gasteiger partial charge in [-0.05, 0) is 13.0 Å². The van der Waals surface area contributed by atoms with Gasteiger partial charge in [-0.15, -0.1) is 5.10 Å². The number of ketones is 1. The molecule has 15 heavy (non-hydrogen) atoms. The Hall–Kier alpha value is -1.44. The van der Waals surface area contributed by atoms with Gasteiger partial charge in [-0.1, -0.05) is 5.21 Å². The summed E-state index contributed by atoms with van der Waals surface area (Å²) in [4.78, 5) is 10.7. The minimum Gasteiger partial charge on any atom is -0.330 e. The van der Waals surface area contributed by atoms with Crippen LogP contribution in [0.2, 0.25) is 0 Å². The van der Waals surface area contributed by atoms with Crippen molar-refractivity contribution < 1.29 is 18.0 Å². The fourth-order valence-electron chi connectivity index (χ4n) is 0.910. The smallest absolute Gasteiger partial charge is 0.330 e. The highest BCUT2D eigenvalue weighted by Crippen LogP contribution is 2.19. The summed E-state index contributed by atoms with van der Waals surface area (Å²) in [7, 11) is 0. The van der Waals surface area contributed by atoms with E-state index in [2.05, 4.69) is 10.3 Å². The molecule has 8 heteroatoms. The lowest BCUT2D eigenvalue weighted by Crippen LogP contribution is -2.23.